The zero-order valence-corrected chi connectivity index (χ0v) is 11.9. The Labute approximate surface area is 113 Å². The van der Waals surface area contributed by atoms with Crippen molar-refractivity contribution in [1.29, 1.82) is 0 Å². The molecular weight excluding hydrogens is 242 g/mol. The average molecular weight is 261 g/mol. The number of nitrogens with zero attached hydrogens (tertiary/aromatic N) is 2. The topological polar surface area (TPSA) is 29.9 Å². The number of aromatic nitrogens is 2. The van der Waals surface area contributed by atoms with Gasteiger partial charge >= 0.3 is 0 Å². The molecule has 2 aromatic rings. The summed E-state index contributed by atoms with van der Waals surface area (Å²) in [5.74, 6) is 0.999. The van der Waals surface area contributed by atoms with Crippen molar-refractivity contribution < 1.29 is 0 Å². The monoisotopic (exact) mass is 261 g/mol. The van der Waals surface area contributed by atoms with Gasteiger partial charge in [-0.05, 0) is 32.2 Å². The first-order chi connectivity index (χ1) is 8.70. The van der Waals surface area contributed by atoms with Crippen molar-refractivity contribution in [3.63, 3.8) is 0 Å². The normalized spacial score (nSPS) is 12.6. The Balaban J connectivity index is 2.02. The van der Waals surface area contributed by atoms with E-state index in [0.717, 1.165) is 5.75 Å². The maximum atomic E-state index is 4.22. The number of nitrogens with one attached hydrogen (secondary N) is 1. The number of rotatable bonds is 5. The van der Waals surface area contributed by atoms with Crippen LogP contribution in [0.4, 0.5) is 0 Å². The van der Waals surface area contributed by atoms with Crippen LogP contribution >= 0.6 is 11.8 Å². The lowest BCUT2D eigenvalue weighted by Gasteiger charge is -2.16. The van der Waals surface area contributed by atoms with E-state index in [1.165, 1.54) is 16.2 Å². The number of hydrogen-bond acceptors (Lipinski definition) is 3. The molecule has 0 fully saturated rings. The van der Waals surface area contributed by atoms with Gasteiger partial charge in [0, 0.05) is 23.9 Å². The van der Waals surface area contributed by atoms with E-state index >= 15 is 0 Å². The molecule has 4 heteroatoms. The van der Waals surface area contributed by atoms with Crippen LogP contribution in [0.3, 0.4) is 0 Å². The predicted molar refractivity (Wildman–Crippen MR) is 76.9 cm³/mol. The minimum Gasteiger partial charge on any atom is -0.311 e. The molecule has 1 N–H and O–H groups in total. The number of hydrogen-bond donors (Lipinski definition) is 1. The largest absolute Gasteiger partial charge is 0.311 e. The van der Waals surface area contributed by atoms with Crippen LogP contribution in [0.15, 0.2) is 41.4 Å². The van der Waals surface area contributed by atoms with Gasteiger partial charge in [-0.2, -0.15) is 5.10 Å². The van der Waals surface area contributed by atoms with E-state index in [1.54, 1.807) is 0 Å². The number of aryl methyl sites for hydroxylation is 2. The second-order valence-electron chi connectivity index (χ2n) is 4.35. The molecule has 1 heterocycles. The summed E-state index contributed by atoms with van der Waals surface area (Å²) < 4.78 is 1.93. The molecule has 2 rings (SSSR count). The predicted octanol–water partition coefficient (Wildman–Crippen LogP) is 2.78. The Bertz CT molecular complexity index is 507. The van der Waals surface area contributed by atoms with E-state index in [4.69, 9.17) is 0 Å². The lowest BCUT2D eigenvalue weighted by molar-refractivity contribution is 0.586. The Morgan fingerprint density at radius 2 is 2.22 bits per heavy atom. The quantitative estimate of drug-likeness (QED) is 0.839. The molecule has 1 aromatic carbocycles. The van der Waals surface area contributed by atoms with Crippen LogP contribution in [0.2, 0.25) is 0 Å². The van der Waals surface area contributed by atoms with Gasteiger partial charge in [-0.3, -0.25) is 4.68 Å². The van der Waals surface area contributed by atoms with Crippen LogP contribution in [-0.4, -0.2) is 22.6 Å². The van der Waals surface area contributed by atoms with Crippen molar-refractivity contribution in [2.45, 2.75) is 17.9 Å². The minimum atomic E-state index is 0.322. The molecular formula is C14H19N3S. The first-order valence-corrected chi connectivity index (χ1v) is 7.04. The molecule has 18 heavy (non-hydrogen) atoms. The third-order valence-electron chi connectivity index (χ3n) is 2.97. The maximum Gasteiger partial charge on any atom is 0.0584 e. The van der Waals surface area contributed by atoms with E-state index in [0.29, 0.717) is 6.04 Å². The first-order valence-electron chi connectivity index (χ1n) is 6.05. The summed E-state index contributed by atoms with van der Waals surface area (Å²) in [4.78, 5) is 1.32. The van der Waals surface area contributed by atoms with E-state index in [-0.39, 0.29) is 0 Å². The van der Waals surface area contributed by atoms with Crippen molar-refractivity contribution in [1.82, 2.24) is 15.1 Å². The summed E-state index contributed by atoms with van der Waals surface area (Å²) in [6.07, 6.45) is 1.84. The van der Waals surface area contributed by atoms with E-state index in [1.807, 2.05) is 36.7 Å². The van der Waals surface area contributed by atoms with E-state index in [9.17, 15) is 0 Å². The maximum absolute atomic E-state index is 4.22. The molecule has 1 unspecified atom stereocenters. The average Bonchev–Trinajstić information content (AvgIpc) is 2.77. The Morgan fingerprint density at radius 1 is 1.39 bits per heavy atom. The molecule has 0 bridgehead atoms. The third-order valence-corrected chi connectivity index (χ3v) is 4.06. The molecule has 3 nitrogen and oxygen atoms in total. The second-order valence-corrected chi connectivity index (χ2v) is 5.44. The van der Waals surface area contributed by atoms with E-state index in [2.05, 4.69) is 47.7 Å². The number of thioether (sulfide) groups is 1. The summed E-state index contributed by atoms with van der Waals surface area (Å²) >= 11 is 1.87. The molecule has 0 saturated heterocycles. The standard InChI is InChI=1S/C14H19N3S/c1-11-5-4-6-12(9-11)18-10-13(15-2)14-7-8-16-17(14)3/h4-9,13,15H,10H2,1-3H3. The van der Waals surface area contributed by atoms with Crippen LogP contribution in [0.1, 0.15) is 17.3 Å². The van der Waals surface area contributed by atoms with Gasteiger partial charge in [0.15, 0.2) is 0 Å². The summed E-state index contributed by atoms with van der Waals surface area (Å²) in [5, 5.41) is 7.57. The summed E-state index contributed by atoms with van der Waals surface area (Å²) in [6, 6.07) is 11.0. The fraction of sp³-hybridized carbons (Fsp3) is 0.357. The third kappa shape index (κ3) is 3.15. The van der Waals surface area contributed by atoms with Gasteiger partial charge in [-0.1, -0.05) is 17.7 Å². The highest BCUT2D eigenvalue weighted by Crippen LogP contribution is 2.24. The highest BCUT2D eigenvalue weighted by atomic mass is 32.2. The molecule has 0 aliphatic carbocycles. The lowest BCUT2D eigenvalue weighted by Crippen LogP contribution is -2.21. The fourth-order valence-corrected chi connectivity index (χ4v) is 3.07. The van der Waals surface area contributed by atoms with Crippen LogP contribution in [0.5, 0.6) is 0 Å². The van der Waals surface area contributed by atoms with Gasteiger partial charge in [-0.15, -0.1) is 11.8 Å². The Kier molecular flexibility index (Phi) is 4.44. The Morgan fingerprint density at radius 3 is 2.83 bits per heavy atom. The Hall–Kier alpha value is -1.26. The van der Waals surface area contributed by atoms with Gasteiger partial charge in [0.2, 0.25) is 0 Å². The molecule has 0 spiro atoms. The summed E-state index contributed by atoms with van der Waals surface area (Å²) in [6.45, 7) is 2.13. The van der Waals surface area contributed by atoms with E-state index < -0.39 is 0 Å². The molecule has 0 aliphatic heterocycles. The van der Waals surface area contributed by atoms with Crippen LogP contribution in [0, 0.1) is 6.92 Å². The zero-order chi connectivity index (χ0) is 13.0. The van der Waals surface area contributed by atoms with Crippen molar-refractivity contribution in [2.24, 2.45) is 7.05 Å². The van der Waals surface area contributed by atoms with Crippen molar-refractivity contribution in [3.8, 4) is 0 Å². The highest BCUT2D eigenvalue weighted by Gasteiger charge is 2.13. The van der Waals surface area contributed by atoms with Crippen LogP contribution in [0.25, 0.3) is 0 Å². The number of benzene rings is 1. The summed E-state index contributed by atoms with van der Waals surface area (Å²) in [7, 11) is 3.98. The molecule has 96 valence electrons. The van der Waals surface area contributed by atoms with Crippen molar-refractivity contribution >= 4 is 11.8 Å². The zero-order valence-electron chi connectivity index (χ0n) is 11.1. The highest BCUT2D eigenvalue weighted by molar-refractivity contribution is 7.99. The fourth-order valence-electron chi connectivity index (χ4n) is 1.93. The molecule has 0 saturated carbocycles. The van der Waals surface area contributed by atoms with Gasteiger partial charge in [0.25, 0.3) is 0 Å². The smallest absolute Gasteiger partial charge is 0.0584 e. The van der Waals surface area contributed by atoms with Crippen molar-refractivity contribution in [2.75, 3.05) is 12.8 Å². The van der Waals surface area contributed by atoms with Gasteiger partial charge in [0.05, 0.1) is 11.7 Å². The second kappa shape index (κ2) is 6.07. The van der Waals surface area contributed by atoms with Gasteiger partial charge in [0.1, 0.15) is 0 Å². The minimum absolute atomic E-state index is 0.322. The van der Waals surface area contributed by atoms with Gasteiger partial charge in [-0.25, -0.2) is 0 Å². The van der Waals surface area contributed by atoms with Crippen LogP contribution in [-0.2, 0) is 7.05 Å². The van der Waals surface area contributed by atoms with Gasteiger partial charge < -0.3 is 5.32 Å². The molecule has 0 radical (unpaired) electrons. The lowest BCUT2D eigenvalue weighted by atomic mass is 10.2. The molecule has 1 atom stereocenters. The summed E-state index contributed by atoms with van der Waals surface area (Å²) in [5.41, 5.74) is 2.53. The SMILES string of the molecule is CNC(CSc1cccc(C)c1)c1ccnn1C. The first kappa shape index (κ1) is 13.2. The van der Waals surface area contributed by atoms with Crippen LogP contribution < -0.4 is 5.32 Å². The molecule has 0 amide bonds. The molecule has 1 aromatic heterocycles. The van der Waals surface area contributed by atoms with Crippen molar-refractivity contribution in [3.05, 3.63) is 47.8 Å². The molecule has 0 aliphatic rings.